The van der Waals surface area contributed by atoms with E-state index in [0.29, 0.717) is 18.2 Å². The summed E-state index contributed by atoms with van der Waals surface area (Å²) in [6, 6.07) is 21.3. The number of carboxylic acid groups (broad SMARTS) is 1. The number of phenolic OH excluding ortho intramolecular Hbond substituents is 1. The third-order valence-electron chi connectivity index (χ3n) is 6.47. The Labute approximate surface area is 187 Å². The Morgan fingerprint density at radius 1 is 0.969 bits per heavy atom. The second-order valence-corrected chi connectivity index (χ2v) is 8.61. The van der Waals surface area contributed by atoms with E-state index < -0.39 is 5.97 Å². The van der Waals surface area contributed by atoms with Crippen molar-refractivity contribution in [2.75, 3.05) is 0 Å². The summed E-state index contributed by atoms with van der Waals surface area (Å²) in [7, 11) is 0. The largest absolute Gasteiger partial charge is 0.508 e. The predicted octanol–water partition coefficient (Wildman–Crippen LogP) is 6.20. The fraction of sp³-hybridized carbons (Fsp3) is 0.259. The number of carboxylic acids is 1. The Hall–Kier alpha value is -3.60. The van der Waals surface area contributed by atoms with E-state index in [1.165, 1.54) is 19.3 Å². The van der Waals surface area contributed by atoms with Crippen LogP contribution in [0.1, 0.15) is 59.6 Å². The van der Waals surface area contributed by atoms with Gasteiger partial charge in [0.2, 0.25) is 0 Å². The summed E-state index contributed by atoms with van der Waals surface area (Å²) >= 11 is 0. The molecule has 5 nitrogen and oxygen atoms in total. The lowest BCUT2D eigenvalue weighted by Crippen LogP contribution is -2.14. The molecule has 0 spiro atoms. The average molecular weight is 427 g/mol. The fourth-order valence-corrected chi connectivity index (χ4v) is 4.80. The second kappa shape index (κ2) is 8.50. The van der Waals surface area contributed by atoms with E-state index in [0.717, 1.165) is 46.4 Å². The van der Waals surface area contributed by atoms with Crippen LogP contribution >= 0.6 is 0 Å². The van der Waals surface area contributed by atoms with Gasteiger partial charge in [0.15, 0.2) is 0 Å². The Balaban J connectivity index is 1.54. The average Bonchev–Trinajstić information content (AvgIpc) is 3.20. The van der Waals surface area contributed by atoms with Gasteiger partial charge < -0.3 is 14.8 Å². The molecule has 0 saturated heterocycles. The van der Waals surface area contributed by atoms with Gasteiger partial charge >= 0.3 is 5.97 Å². The number of nitrogens with zero attached hydrogens (tertiary/aromatic N) is 2. The molecule has 1 aliphatic rings. The van der Waals surface area contributed by atoms with Gasteiger partial charge in [0.1, 0.15) is 11.6 Å². The molecule has 0 unspecified atom stereocenters. The van der Waals surface area contributed by atoms with Crippen molar-refractivity contribution in [1.29, 1.82) is 0 Å². The van der Waals surface area contributed by atoms with Gasteiger partial charge in [-0.1, -0.05) is 61.7 Å². The van der Waals surface area contributed by atoms with Crippen molar-refractivity contribution in [2.24, 2.45) is 0 Å². The summed E-state index contributed by atoms with van der Waals surface area (Å²) in [4.78, 5) is 16.4. The van der Waals surface area contributed by atoms with Crippen LogP contribution in [0.25, 0.3) is 22.4 Å². The molecule has 0 atom stereocenters. The molecule has 162 valence electrons. The first kappa shape index (κ1) is 20.3. The van der Waals surface area contributed by atoms with Crippen LogP contribution in [0.5, 0.6) is 5.75 Å². The number of fused-ring (bicyclic) bond motifs is 1. The zero-order valence-electron chi connectivity index (χ0n) is 17.9. The molecule has 1 saturated carbocycles. The summed E-state index contributed by atoms with van der Waals surface area (Å²) in [6.45, 7) is 0. The normalized spacial score (nSPS) is 14.6. The quantitative estimate of drug-likeness (QED) is 0.398. The number of phenols is 1. The molecule has 1 heterocycles. The van der Waals surface area contributed by atoms with Gasteiger partial charge in [-0.25, -0.2) is 9.78 Å². The van der Waals surface area contributed by atoms with Crippen LogP contribution in [0, 0.1) is 0 Å². The van der Waals surface area contributed by atoms with E-state index >= 15 is 0 Å². The maximum Gasteiger partial charge on any atom is 0.335 e. The maximum absolute atomic E-state index is 11.5. The van der Waals surface area contributed by atoms with Crippen molar-refractivity contribution in [1.82, 2.24) is 9.55 Å². The van der Waals surface area contributed by atoms with Gasteiger partial charge in [-0.15, -0.1) is 0 Å². The Morgan fingerprint density at radius 3 is 2.44 bits per heavy atom. The van der Waals surface area contributed by atoms with Crippen molar-refractivity contribution >= 4 is 17.0 Å². The number of hydrogen-bond donors (Lipinski definition) is 2. The Morgan fingerprint density at radius 2 is 1.72 bits per heavy atom. The molecule has 3 aromatic carbocycles. The molecule has 5 heteroatoms. The van der Waals surface area contributed by atoms with Crippen molar-refractivity contribution in [3.8, 4) is 17.1 Å². The SMILES string of the molecule is O=C(O)c1ccc2c(c1)nc(-c1ccc(Cc3ccccc3O)cc1)n2C1CCCCC1. The summed E-state index contributed by atoms with van der Waals surface area (Å²) in [6.07, 6.45) is 6.57. The van der Waals surface area contributed by atoms with E-state index in [4.69, 9.17) is 4.98 Å². The number of hydrogen-bond acceptors (Lipinski definition) is 3. The lowest BCUT2D eigenvalue weighted by Gasteiger charge is -2.25. The first-order valence-electron chi connectivity index (χ1n) is 11.2. The molecule has 0 amide bonds. The molecule has 1 aromatic heterocycles. The molecular weight excluding hydrogens is 400 g/mol. The van der Waals surface area contributed by atoms with Gasteiger partial charge in [0.05, 0.1) is 16.6 Å². The third-order valence-corrected chi connectivity index (χ3v) is 6.47. The standard InChI is InChI=1S/C27H26N2O3/c30-25-9-5-4-6-20(25)16-18-10-12-19(13-11-18)26-28-23-17-21(27(31)32)14-15-24(23)29(26)22-7-2-1-3-8-22/h4-6,9-15,17,22,30H,1-3,7-8,16H2,(H,31,32). The van der Waals surface area contributed by atoms with Crippen LogP contribution in [-0.4, -0.2) is 25.7 Å². The lowest BCUT2D eigenvalue weighted by atomic mass is 9.94. The molecule has 4 aromatic rings. The minimum atomic E-state index is -0.936. The van der Waals surface area contributed by atoms with E-state index in [-0.39, 0.29) is 5.56 Å². The highest BCUT2D eigenvalue weighted by molar-refractivity contribution is 5.93. The summed E-state index contributed by atoms with van der Waals surface area (Å²) < 4.78 is 2.32. The van der Waals surface area contributed by atoms with E-state index in [1.807, 2.05) is 24.3 Å². The van der Waals surface area contributed by atoms with Gasteiger partial charge in [0, 0.05) is 18.0 Å². The van der Waals surface area contributed by atoms with Crippen molar-refractivity contribution in [3.05, 3.63) is 83.4 Å². The molecule has 0 radical (unpaired) electrons. The van der Waals surface area contributed by atoms with Crippen molar-refractivity contribution in [2.45, 2.75) is 44.6 Å². The topological polar surface area (TPSA) is 75.3 Å². The van der Waals surface area contributed by atoms with Crippen LogP contribution in [0.4, 0.5) is 0 Å². The highest BCUT2D eigenvalue weighted by Gasteiger charge is 2.23. The van der Waals surface area contributed by atoms with Gasteiger partial charge in [-0.05, 0) is 48.2 Å². The summed E-state index contributed by atoms with van der Waals surface area (Å²) in [5, 5.41) is 19.5. The monoisotopic (exact) mass is 426 g/mol. The number of aromatic hydroxyl groups is 1. The molecule has 0 aliphatic heterocycles. The number of benzene rings is 3. The fourth-order valence-electron chi connectivity index (χ4n) is 4.80. The predicted molar refractivity (Wildman–Crippen MR) is 125 cm³/mol. The third kappa shape index (κ3) is 3.86. The van der Waals surface area contributed by atoms with Crippen LogP contribution in [-0.2, 0) is 6.42 Å². The number of carbonyl (C=O) groups is 1. The Bertz CT molecular complexity index is 1270. The molecule has 1 fully saturated rings. The highest BCUT2D eigenvalue weighted by atomic mass is 16.4. The van der Waals surface area contributed by atoms with Crippen molar-refractivity contribution < 1.29 is 15.0 Å². The zero-order valence-corrected chi connectivity index (χ0v) is 17.9. The van der Waals surface area contributed by atoms with Crippen LogP contribution in [0.2, 0.25) is 0 Å². The van der Waals surface area contributed by atoms with Crippen LogP contribution in [0.15, 0.2) is 66.7 Å². The van der Waals surface area contributed by atoms with Gasteiger partial charge in [0.25, 0.3) is 0 Å². The maximum atomic E-state index is 11.5. The molecular formula is C27H26N2O3. The summed E-state index contributed by atoms with van der Waals surface area (Å²) in [5.74, 6) is 0.266. The molecule has 32 heavy (non-hydrogen) atoms. The van der Waals surface area contributed by atoms with E-state index in [9.17, 15) is 15.0 Å². The number of imidazole rings is 1. The van der Waals surface area contributed by atoms with E-state index in [1.54, 1.807) is 18.2 Å². The van der Waals surface area contributed by atoms with Crippen LogP contribution < -0.4 is 0 Å². The number of rotatable bonds is 5. The number of aromatic carboxylic acids is 1. The second-order valence-electron chi connectivity index (χ2n) is 8.61. The first-order chi connectivity index (χ1) is 15.6. The molecule has 0 bridgehead atoms. The minimum Gasteiger partial charge on any atom is -0.508 e. The number of para-hydroxylation sites is 1. The van der Waals surface area contributed by atoms with E-state index in [2.05, 4.69) is 28.8 Å². The highest BCUT2D eigenvalue weighted by Crippen LogP contribution is 2.36. The molecule has 1 aliphatic carbocycles. The Kier molecular flexibility index (Phi) is 5.39. The lowest BCUT2D eigenvalue weighted by molar-refractivity contribution is 0.0697. The van der Waals surface area contributed by atoms with Gasteiger partial charge in [-0.3, -0.25) is 0 Å². The molecule has 2 N–H and O–H groups in total. The van der Waals surface area contributed by atoms with Crippen LogP contribution in [0.3, 0.4) is 0 Å². The summed E-state index contributed by atoms with van der Waals surface area (Å²) in [5.41, 5.74) is 5.01. The zero-order chi connectivity index (χ0) is 22.1. The van der Waals surface area contributed by atoms with Crippen molar-refractivity contribution in [3.63, 3.8) is 0 Å². The molecule has 5 rings (SSSR count). The minimum absolute atomic E-state index is 0.260. The van der Waals surface area contributed by atoms with Gasteiger partial charge in [-0.2, -0.15) is 0 Å². The smallest absolute Gasteiger partial charge is 0.335 e. The first-order valence-corrected chi connectivity index (χ1v) is 11.2. The number of aromatic nitrogens is 2.